The Morgan fingerprint density at radius 2 is 1.86 bits per heavy atom. The minimum atomic E-state index is -1.08. The second-order valence-corrected chi connectivity index (χ2v) is 1.60. The maximum Gasteiger partial charge on any atom is 0.1000 e. The first-order chi connectivity index (χ1) is 3.12. The van der Waals surface area contributed by atoms with E-state index >= 15 is 0 Å². The van der Waals surface area contributed by atoms with E-state index in [1.807, 2.05) is 0 Å². The Morgan fingerprint density at radius 3 is 1.86 bits per heavy atom. The van der Waals surface area contributed by atoms with E-state index in [1.165, 1.54) is 0 Å². The average Bonchev–Trinajstić information content (AvgIpc) is 1.68. The second-order valence-electron chi connectivity index (χ2n) is 1.60. The second kappa shape index (κ2) is 2.23. The molecule has 0 spiro atoms. The summed E-state index contributed by atoms with van der Waals surface area (Å²) < 4.78 is 0. The number of nitrogens with two attached hydrogens (primary N) is 3. The fourth-order valence-electron chi connectivity index (χ4n) is 0.0645. The van der Waals surface area contributed by atoms with Crippen LogP contribution in [-0.2, 0) is 0 Å². The van der Waals surface area contributed by atoms with Crippen LogP contribution in [0.2, 0.25) is 0 Å². The maximum absolute atomic E-state index is 8.26. The van der Waals surface area contributed by atoms with Gasteiger partial charge >= 0.3 is 0 Å². The highest BCUT2D eigenvalue weighted by molar-refractivity contribution is 4.75. The van der Waals surface area contributed by atoms with Crippen LogP contribution < -0.4 is 17.2 Å². The van der Waals surface area contributed by atoms with Crippen molar-refractivity contribution in [2.24, 2.45) is 17.2 Å². The van der Waals surface area contributed by atoms with Crippen LogP contribution in [0.3, 0.4) is 0 Å². The molecule has 0 fully saturated rings. The van der Waals surface area contributed by atoms with Gasteiger partial charge in [-0.25, -0.2) is 0 Å². The predicted octanol–water partition coefficient (Wildman–Crippen LogP) is -2.45. The van der Waals surface area contributed by atoms with E-state index in [2.05, 4.69) is 0 Å². The lowest BCUT2D eigenvalue weighted by Gasteiger charge is -2.17. The molecule has 0 heterocycles. The highest BCUT2D eigenvalue weighted by Crippen LogP contribution is 1.79. The minimum Gasteiger partial charge on any atom is -0.393 e. The molecule has 0 saturated heterocycles. The summed E-state index contributed by atoms with van der Waals surface area (Å²) in [6, 6.07) is 0. The first-order valence-corrected chi connectivity index (χ1v) is 2.01. The van der Waals surface area contributed by atoms with Gasteiger partial charge in [-0.05, 0) is 0 Å². The van der Waals surface area contributed by atoms with Crippen molar-refractivity contribution in [1.29, 1.82) is 0 Å². The van der Waals surface area contributed by atoms with Crippen LogP contribution in [0.4, 0.5) is 0 Å². The van der Waals surface area contributed by atoms with Crippen molar-refractivity contribution in [2.75, 3.05) is 13.2 Å². The van der Waals surface area contributed by atoms with Crippen molar-refractivity contribution >= 4 is 0 Å². The molecular weight excluding hydrogens is 94.1 g/mol. The highest BCUT2D eigenvalue weighted by atomic mass is 16.3. The largest absolute Gasteiger partial charge is 0.393 e. The van der Waals surface area contributed by atoms with Crippen molar-refractivity contribution in [3.8, 4) is 0 Å². The zero-order valence-corrected chi connectivity index (χ0v) is 4.09. The van der Waals surface area contributed by atoms with E-state index < -0.39 is 5.66 Å². The molecule has 0 aromatic heterocycles. The Labute approximate surface area is 42.3 Å². The number of hydrogen-bond donors (Lipinski definition) is 4. The number of hydrogen-bond acceptors (Lipinski definition) is 4. The van der Waals surface area contributed by atoms with Crippen molar-refractivity contribution in [2.45, 2.75) is 5.66 Å². The molecule has 0 amide bonds. The summed E-state index contributed by atoms with van der Waals surface area (Å²) in [6.45, 7) is -0.174. The van der Waals surface area contributed by atoms with Crippen LogP contribution in [0.1, 0.15) is 0 Å². The molecule has 44 valence electrons. The highest BCUT2D eigenvalue weighted by Gasteiger charge is 2.12. The van der Waals surface area contributed by atoms with Gasteiger partial charge in [-0.3, -0.25) is 0 Å². The van der Waals surface area contributed by atoms with Gasteiger partial charge in [0, 0.05) is 6.54 Å². The quantitative estimate of drug-likeness (QED) is 0.293. The van der Waals surface area contributed by atoms with E-state index in [-0.39, 0.29) is 13.2 Å². The van der Waals surface area contributed by atoms with Crippen molar-refractivity contribution < 1.29 is 5.11 Å². The van der Waals surface area contributed by atoms with Gasteiger partial charge in [-0.15, -0.1) is 0 Å². The van der Waals surface area contributed by atoms with Crippen LogP contribution in [-0.4, -0.2) is 23.9 Å². The Hall–Kier alpha value is -0.160. The summed E-state index contributed by atoms with van der Waals surface area (Å²) in [4.78, 5) is 0. The normalized spacial score (nSPS) is 12.0. The van der Waals surface area contributed by atoms with Gasteiger partial charge in [0.25, 0.3) is 0 Å². The van der Waals surface area contributed by atoms with E-state index in [1.54, 1.807) is 0 Å². The van der Waals surface area contributed by atoms with Gasteiger partial charge in [0.2, 0.25) is 0 Å². The third-order valence-electron chi connectivity index (χ3n) is 0.674. The van der Waals surface area contributed by atoms with Gasteiger partial charge in [0.05, 0.1) is 12.3 Å². The molecule has 0 aliphatic heterocycles. The molecule has 4 heteroatoms. The van der Waals surface area contributed by atoms with Gasteiger partial charge in [0.15, 0.2) is 0 Å². The van der Waals surface area contributed by atoms with Crippen LogP contribution in [0.5, 0.6) is 0 Å². The third-order valence-corrected chi connectivity index (χ3v) is 0.674. The molecule has 0 saturated carbocycles. The van der Waals surface area contributed by atoms with Crippen LogP contribution in [0, 0.1) is 0 Å². The molecule has 7 heavy (non-hydrogen) atoms. The lowest BCUT2D eigenvalue weighted by Crippen LogP contribution is -2.58. The molecule has 0 aliphatic carbocycles. The summed E-state index contributed by atoms with van der Waals surface area (Å²) >= 11 is 0. The molecule has 0 aromatic carbocycles. The van der Waals surface area contributed by atoms with Crippen LogP contribution >= 0.6 is 0 Å². The molecule has 0 bridgehead atoms. The summed E-state index contributed by atoms with van der Waals surface area (Å²) in [5, 5.41) is 8.26. The Kier molecular flexibility index (Phi) is 2.17. The fourth-order valence-corrected chi connectivity index (χ4v) is 0.0645. The maximum atomic E-state index is 8.26. The monoisotopic (exact) mass is 105 g/mol. The minimum absolute atomic E-state index is 0.101. The lowest BCUT2D eigenvalue weighted by atomic mass is 10.2. The van der Waals surface area contributed by atoms with E-state index in [0.717, 1.165) is 0 Å². The van der Waals surface area contributed by atoms with Crippen molar-refractivity contribution in [3.05, 3.63) is 0 Å². The molecule has 0 aromatic rings. The predicted molar refractivity (Wildman–Crippen MR) is 27.2 cm³/mol. The Bertz CT molecular complexity index is 48.1. The number of aliphatic hydroxyl groups is 1. The molecule has 4 nitrogen and oxygen atoms in total. The van der Waals surface area contributed by atoms with Crippen LogP contribution in [0.15, 0.2) is 0 Å². The van der Waals surface area contributed by atoms with Gasteiger partial charge in [0.1, 0.15) is 0 Å². The van der Waals surface area contributed by atoms with E-state index in [4.69, 9.17) is 22.3 Å². The first kappa shape index (κ1) is 6.84. The topological polar surface area (TPSA) is 98.3 Å². The van der Waals surface area contributed by atoms with Crippen molar-refractivity contribution in [3.63, 3.8) is 0 Å². The molecular formula is C3H11N3O. The van der Waals surface area contributed by atoms with Gasteiger partial charge in [-0.1, -0.05) is 0 Å². The number of rotatable bonds is 2. The lowest BCUT2D eigenvalue weighted by molar-refractivity contribution is 0.205. The zero-order chi connectivity index (χ0) is 5.91. The summed E-state index contributed by atoms with van der Waals surface area (Å²) in [5.74, 6) is 0. The van der Waals surface area contributed by atoms with Crippen LogP contribution in [0.25, 0.3) is 0 Å². The van der Waals surface area contributed by atoms with Gasteiger partial charge < -0.3 is 22.3 Å². The van der Waals surface area contributed by atoms with Gasteiger partial charge in [-0.2, -0.15) is 0 Å². The van der Waals surface area contributed by atoms with E-state index in [0.29, 0.717) is 0 Å². The molecule has 0 aliphatic rings. The smallest absolute Gasteiger partial charge is 0.1000 e. The molecule has 0 atom stereocenters. The fraction of sp³-hybridized carbons (Fsp3) is 1.00. The molecule has 0 radical (unpaired) electrons. The van der Waals surface area contributed by atoms with Crippen molar-refractivity contribution in [1.82, 2.24) is 0 Å². The third kappa shape index (κ3) is 2.52. The number of aliphatic hydroxyl groups excluding tert-OH is 1. The Balaban J connectivity index is 3.36. The molecule has 0 unspecified atom stereocenters. The SMILES string of the molecule is NCC(N)(N)CO. The molecule has 0 rings (SSSR count). The Morgan fingerprint density at radius 1 is 1.43 bits per heavy atom. The summed E-state index contributed by atoms with van der Waals surface area (Å²) in [7, 11) is 0. The standard InChI is InChI=1S/C3H11N3O/c4-1-3(5,6)2-7/h7H,1-2,4-6H2. The molecule has 7 N–H and O–H groups in total. The first-order valence-electron chi connectivity index (χ1n) is 2.01. The average molecular weight is 105 g/mol. The summed E-state index contributed by atoms with van der Waals surface area (Å²) in [6.07, 6.45) is 0. The zero-order valence-electron chi connectivity index (χ0n) is 4.09. The van der Waals surface area contributed by atoms with E-state index in [9.17, 15) is 0 Å². The summed E-state index contributed by atoms with van der Waals surface area (Å²) in [5.41, 5.74) is 14.2.